The van der Waals surface area contributed by atoms with Crippen LogP contribution in [0.1, 0.15) is 19.3 Å². The number of nitrogens with one attached hydrogen (secondary N) is 1. The molecule has 1 amide bonds. The Balaban J connectivity index is 0.00000162. The minimum atomic E-state index is 0. The number of hydrogen-bond donors (Lipinski definition) is 2. The molecule has 0 bridgehead atoms. The minimum absolute atomic E-state index is 0. The maximum Gasteiger partial charge on any atom is 0.227 e. The molecule has 1 aromatic rings. The lowest BCUT2D eigenvalue weighted by atomic mass is 10.1. The van der Waals surface area contributed by atoms with Gasteiger partial charge in [-0.3, -0.25) is 4.79 Å². The fourth-order valence-corrected chi connectivity index (χ4v) is 2.79. The molecule has 2 unspecified atom stereocenters. The smallest absolute Gasteiger partial charge is 0.227 e. The number of thioether (sulfide) groups is 1. The molecular weight excluding hydrogens is 268 g/mol. The summed E-state index contributed by atoms with van der Waals surface area (Å²) in [5, 5.41) is 3.01. The van der Waals surface area contributed by atoms with Crippen LogP contribution in [0.15, 0.2) is 29.2 Å². The van der Waals surface area contributed by atoms with Crippen molar-refractivity contribution in [3.05, 3.63) is 24.3 Å². The van der Waals surface area contributed by atoms with Gasteiger partial charge >= 0.3 is 0 Å². The normalized spacial score (nSPS) is 22.3. The Morgan fingerprint density at radius 2 is 2.11 bits per heavy atom. The van der Waals surface area contributed by atoms with Crippen molar-refractivity contribution in [3.8, 4) is 0 Å². The molecular formula is C13H19ClN2OS. The molecule has 5 heteroatoms. The second-order valence-corrected chi connectivity index (χ2v) is 5.31. The summed E-state index contributed by atoms with van der Waals surface area (Å²) >= 11 is 1.64. The molecule has 3 N–H and O–H groups in total. The number of carbonyl (C=O) groups excluding carboxylic acids is 1. The first-order valence-electron chi connectivity index (χ1n) is 5.90. The number of anilines is 1. The van der Waals surface area contributed by atoms with Gasteiger partial charge in [-0.2, -0.15) is 0 Å². The predicted molar refractivity (Wildman–Crippen MR) is 79.4 cm³/mol. The second-order valence-electron chi connectivity index (χ2n) is 4.46. The number of para-hydroxylation sites is 1. The van der Waals surface area contributed by atoms with E-state index in [1.165, 1.54) is 0 Å². The van der Waals surface area contributed by atoms with Gasteiger partial charge in [0.15, 0.2) is 0 Å². The van der Waals surface area contributed by atoms with E-state index in [1.54, 1.807) is 11.8 Å². The minimum Gasteiger partial charge on any atom is -0.328 e. The molecule has 1 aliphatic rings. The summed E-state index contributed by atoms with van der Waals surface area (Å²) in [5.41, 5.74) is 6.74. The zero-order valence-corrected chi connectivity index (χ0v) is 12.0. The van der Waals surface area contributed by atoms with Crippen molar-refractivity contribution in [2.75, 3.05) is 11.6 Å². The van der Waals surface area contributed by atoms with Crippen LogP contribution in [0.5, 0.6) is 0 Å². The summed E-state index contributed by atoms with van der Waals surface area (Å²) in [5.74, 6) is 0.194. The highest BCUT2D eigenvalue weighted by Crippen LogP contribution is 2.28. The van der Waals surface area contributed by atoms with Gasteiger partial charge < -0.3 is 11.1 Å². The Kier molecular flexibility index (Phi) is 5.99. The van der Waals surface area contributed by atoms with E-state index in [4.69, 9.17) is 5.73 Å². The molecule has 0 aromatic heterocycles. The number of benzene rings is 1. The van der Waals surface area contributed by atoms with E-state index in [-0.39, 0.29) is 30.3 Å². The van der Waals surface area contributed by atoms with Crippen LogP contribution in [-0.2, 0) is 4.79 Å². The van der Waals surface area contributed by atoms with Gasteiger partial charge in [-0.15, -0.1) is 24.2 Å². The van der Waals surface area contributed by atoms with Crippen molar-refractivity contribution < 1.29 is 4.79 Å². The van der Waals surface area contributed by atoms with Gasteiger partial charge in [-0.1, -0.05) is 12.1 Å². The van der Waals surface area contributed by atoms with Gasteiger partial charge in [-0.25, -0.2) is 0 Å². The summed E-state index contributed by atoms with van der Waals surface area (Å²) in [4.78, 5) is 13.2. The van der Waals surface area contributed by atoms with Crippen LogP contribution >= 0.6 is 24.2 Å². The molecule has 3 nitrogen and oxygen atoms in total. The molecule has 18 heavy (non-hydrogen) atoms. The molecule has 0 spiro atoms. The quantitative estimate of drug-likeness (QED) is 0.840. The van der Waals surface area contributed by atoms with Crippen molar-refractivity contribution in [1.29, 1.82) is 0 Å². The van der Waals surface area contributed by atoms with Gasteiger partial charge in [0.2, 0.25) is 5.91 Å². The highest BCUT2D eigenvalue weighted by Gasteiger charge is 2.27. The topological polar surface area (TPSA) is 55.1 Å². The molecule has 0 heterocycles. The van der Waals surface area contributed by atoms with Crippen LogP contribution in [-0.4, -0.2) is 18.2 Å². The molecule has 0 saturated heterocycles. The zero-order valence-electron chi connectivity index (χ0n) is 10.4. The lowest BCUT2D eigenvalue weighted by molar-refractivity contribution is -0.119. The molecule has 100 valence electrons. The summed E-state index contributed by atoms with van der Waals surface area (Å²) in [6, 6.07) is 8.07. The first-order valence-corrected chi connectivity index (χ1v) is 7.12. The Morgan fingerprint density at radius 1 is 1.39 bits per heavy atom. The van der Waals surface area contributed by atoms with E-state index < -0.39 is 0 Å². The number of nitrogens with two attached hydrogens (primary N) is 1. The van der Waals surface area contributed by atoms with Crippen molar-refractivity contribution >= 4 is 35.8 Å². The molecule has 2 atom stereocenters. The van der Waals surface area contributed by atoms with Gasteiger partial charge in [0.25, 0.3) is 0 Å². The van der Waals surface area contributed by atoms with Gasteiger partial charge in [0.05, 0.1) is 5.69 Å². The van der Waals surface area contributed by atoms with Crippen LogP contribution in [0, 0.1) is 5.92 Å². The standard InChI is InChI=1S/C13H18N2OS.ClH/c1-17-12-5-3-2-4-11(12)15-13(16)9-6-7-10(14)8-9;/h2-5,9-10H,6-8,14H2,1H3,(H,15,16);1H. The molecule has 1 fully saturated rings. The summed E-state index contributed by atoms with van der Waals surface area (Å²) in [7, 11) is 0. The maximum atomic E-state index is 12.1. The predicted octanol–water partition coefficient (Wildman–Crippen LogP) is 2.90. The van der Waals surface area contributed by atoms with E-state index in [0.717, 1.165) is 29.8 Å². The molecule has 1 saturated carbocycles. The number of rotatable bonds is 3. The number of amides is 1. The average molecular weight is 287 g/mol. The highest BCUT2D eigenvalue weighted by atomic mass is 35.5. The van der Waals surface area contributed by atoms with Crippen molar-refractivity contribution in [1.82, 2.24) is 0 Å². The summed E-state index contributed by atoms with van der Waals surface area (Å²) < 4.78 is 0. The van der Waals surface area contributed by atoms with Crippen molar-refractivity contribution in [2.24, 2.45) is 11.7 Å². The van der Waals surface area contributed by atoms with Crippen LogP contribution < -0.4 is 11.1 Å². The largest absolute Gasteiger partial charge is 0.328 e. The summed E-state index contributed by atoms with van der Waals surface area (Å²) in [6.07, 6.45) is 4.69. The van der Waals surface area contributed by atoms with Gasteiger partial charge in [0.1, 0.15) is 0 Å². The van der Waals surface area contributed by atoms with Gasteiger partial charge in [0, 0.05) is 16.9 Å². The Hall–Kier alpha value is -0.710. The Morgan fingerprint density at radius 3 is 2.72 bits per heavy atom. The maximum absolute atomic E-state index is 12.1. The molecule has 0 aliphatic heterocycles. The lowest BCUT2D eigenvalue weighted by Gasteiger charge is -2.13. The summed E-state index contributed by atoms with van der Waals surface area (Å²) in [6.45, 7) is 0. The van der Waals surface area contributed by atoms with E-state index in [0.29, 0.717) is 0 Å². The number of carbonyl (C=O) groups is 1. The number of hydrogen-bond acceptors (Lipinski definition) is 3. The molecule has 1 aliphatic carbocycles. The average Bonchev–Trinajstić information content (AvgIpc) is 2.77. The first kappa shape index (κ1) is 15.3. The lowest BCUT2D eigenvalue weighted by Crippen LogP contribution is -2.23. The molecule has 2 rings (SSSR count). The SMILES string of the molecule is CSc1ccccc1NC(=O)C1CCC(N)C1.Cl. The zero-order chi connectivity index (χ0) is 12.3. The molecule has 0 radical (unpaired) electrons. The third-order valence-corrected chi connectivity index (χ3v) is 4.00. The fraction of sp³-hybridized carbons (Fsp3) is 0.462. The van der Waals surface area contributed by atoms with Crippen LogP contribution in [0.25, 0.3) is 0 Å². The van der Waals surface area contributed by atoms with Crippen LogP contribution in [0.3, 0.4) is 0 Å². The second kappa shape index (κ2) is 7.02. The van der Waals surface area contributed by atoms with Crippen molar-refractivity contribution in [3.63, 3.8) is 0 Å². The van der Waals surface area contributed by atoms with E-state index >= 15 is 0 Å². The first-order chi connectivity index (χ1) is 8.20. The number of halogens is 1. The fourth-order valence-electron chi connectivity index (χ4n) is 2.24. The van der Waals surface area contributed by atoms with Gasteiger partial charge in [-0.05, 0) is 37.7 Å². The highest BCUT2D eigenvalue weighted by molar-refractivity contribution is 7.98. The Bertz CT molecular complexity index is 414. The Labute approximate surface area is 118 Å². The van der Waals surface area contributed by atoms with Crippen LogP contribution in [0.2, 0.25) is 0 Å². The molecule has 1 aromatic carbocycles. The monoisotopic (exact) mass is 286 g/mol. The third-order valence-electron chi connectivity index (χ3n) is 3.21. The van der Waals surface area contributed by atoms with Crippen molar-refractivity contribution in [2.45, 2.75) is 30.2 Å². The third kappa shape index (κ3) is 3.64. The van der Waals surface area contributed by atoms with E-state index in [2.05, 4.69) is 5.32 Å². The van der Waals surface area contributed by atoms with E-state index in [9.17, 15) is 4.79 Å². The van der Waals surface area contributed by atoms with E-state index in [1.807, 2.05) is 30.5 Å². The van der Waals surface area contributed by atoms with Crippen LogP contribution in [0.4, 0.5) is 5.69 Å².